The summed E-state index contributed by atoms with van der Waals surface area (Å²) < 4.78 is 4.66. The minimum absolute atomic E-state index is 0.133. The van der Waals surface area contributed by atoms with E-state index in [1.165, 1.54) is 11.8 Å². The standard InChI is InChI=1S/C14H14O4S/c1-3-18-14(17)13(16)10-7-19-11-6-8(2)4-5-9(11)12(10)15/h4-6,10H,3,7H2,1-2H3. The maximum absolute atomic E-state index is 12.2. The van der Waals surface area contributed by atoms with Gasteiger partial charge in [0.2, 0.25) is 0 Å². The second-order valence-electron chi connectivity index (χ2n) is 4.31. The van der Waals surface area contributed by atoms with Crippen LogP contribution in [-0.2, 0) is 14.3 Å². The predicted octanol–water partition coefficient (Wildman–Crippen LogP) is 2.03. The summed E-state index contributed by atoms with van der Waals surface area (Å²) in [5.41, 5.74) is 1.58. The molecule has 1 atom stereocenters. The molecule has 1 unspecified atom stereocenters. The smallest absolute Gasteiger partial charge is 0.375 e. The van der Waals surface area contributed by atoms with Crippen LogP contribution in [0.1, 0.15) is 22.8 Å². The van der Waals surface area contributed by atoms with Gasteiger partial charge in [-0.05, 0) is 31.5 Å². The zero-order valence-electron chi connectivity index (χ0n) is 10.8. The quantitative estimate of drug-likeness (QED) is 0.481. The molecule has 5 heteroatoms. The first-order valence-corrected chi connectivity index (χ1v) is 7.01. The van der Waals surface area contributed by atoms with Crippen molar-refractivity contribution in [2.45, 2.75) is 18.7 Å². The van der Waals surface area contributed by atoms with Gasteiger partial charge in [-0.25, -0.2) is 4.79 Å². The fourth-order valence-electron chi connectivity index (χ4n) is 1.93. The van der Waals surface area contributed by atoms with E-state index < -0.39 is 17.7 Å². The Balaban J connectivity index is 2.24. The van der Waals surface area contributed by atoms with E-state index in [1.807, 2.05) is 19.1 Å². The molecule has 1 aliphatic rings. The molecule has 19 heavy (non-hydrogen) atoms. The van der Waals surface area contributed by atoms with E-state index in [0.717, 1.165) is 10.5 Å². The molecule has 0 bridgehead atoms. The molecule has 0 N–H and O–H groups in total. The lowest BCUT2D eigenvalue weighted by Crippen LogP contribution is -2.35. The van der Waals surface area contributed by atoms with Gasteiger partial charge in [-0.3, -0.25) is 9.59 Å². The number of benzene rings is 1. The summed E-state index contributed by atoms with van der Waals surface area (Å²) in [4.78, 5) is 36.4. The largest absolute Gasteiger partial charge is 0.460 e. The molecule has 0 aromatic heterocycles. The van der Waals surface area contributed by atoms with Gasteiger partial charge in [0.15, 0.2) is 5.78 Å². The molecule has 0 saturated heterocycles. The van der Waals surface area contributed by atoms with Gasteiger partial charge in [0, 0.05) is 16.2 Å². The average molecular weight is 278 g/mol. The van der Waals surface area contributed by atoms with E-state index in [4.69, 9.17) is 0 Å². The fraction of sp³-hybridized carbons (Fsp3) is 0.357. The number of fused-ring (bicyclic) bond motifs is 1. The first-order chi connectivity index (χ1) is 9.04. The van der Waals surface area contributed by atoms with Gasteiger partial charge in [0.25, 0.3) is 5.78 Å². The van der Waals surface area contributed by atoms with Crippen molar-refractivity contribution in [3.8, 4) is 0 Å². The van der Waals surface area contributed by atoms with Crippen molar-refractivity contribution in [2.24, 2.45) is 5.92 Å². The number of carbonyl (C=O) groups is 3. The first-order valence-electron chi connectivity index (χ1n) is 6.03. The molecule has 0 aliphatic carbocycles. The highest BCUT2D eigenvalue weighted by molar-refractivity contribution is 7.99. The van der Waals surface area contributed by atoms with Crippen LogP contribution in [0.15, 0.2) is 23.1 Å². The Bertz CT molecular complexity index is 550. The number of hydrogen-bond acceptors (Lipinski definition) is 5. The molecule has 4 nitrogen and oxygen atoms in total. The van der Waals surface area contributed by atoms with Crippen LogP contribution in [-0.4, -0.2) is 29.9 Å². The summed E-state index contributed by atoms with van der Waals surface area (Å²) in [6.07, 6.45) is 0. The van der Waals surface area contributed by atoms with Crippen molar-refractivity contribution >= 4 is 29.3 Å². The highest BCUT2D eigenvalue weighted by atomic mass is 32.2. The number of esters is 1. The molecular formula is C14H14O4S. The van der Waals surface area contributed by atoms with Crippen molar-refractivity contribution in [1.82, 2.24) is 0 Å². The van der Waals surface area contributed by atoms with Crippen molar-refractivity contribution in [3.63, 3.8) is 0 Å². The normalized spacial score (nSPS) is 17.8. The number of carbonyl (C=O) groups excluding carboxylic acids is 3. The summed E-state index contributed by atoms with van der Waals surface area (Å²) >= 11 is 1.43. The van der Waals surface area contributed by atoms with E-state index in [1.54, 1.807) is 13.0 Å². The van der Waals surface area contributed by atoms with E-state index in [-0.39, 0.29) is 12.4 Å². The van der Waals surface area contributed by atoms with Gasteiger partial charge in [-0.2, -0.15) is 0 Å². The Morgan fingerprint density at radius 1 is 1.42 bits per heavy atom. The number of Topliss-reactive ketones (excluding diaryl/α,β-unsaturated/α-hetero) is 2. The molecule has 1 aromatic carbocycles. The molecule has 1 aliphatic heterocycles. The lowest BCUT2D eigenvalue weighted by Gasteiger charge is -2.21. The number of thioether (sulfide) groups is 1. The Morgan fingerprint density at radius 2 is 2.16 bits per heavy atom. The van der Waals surface area contributed by atoms with Crippen molar-refractivity contribution in [3.05, 3.63) is 29.3 Å². The van der Waals surface area contributed by atoms with Crippen LogP contribution in [0.2, 0.25) is 0 Å². The van der Waals surface area contributed by atoms with E-state index in [9.17, 15) is 14.4 Å². The Morgan fingerprint density at radius 3 is 2.84 bits per heavy atom. The predicted molar refractivity (Wildman–Crippen MR) is 71.4 cm³/mol. The minimum atomic E-state index is -0.919. The first kappa shape index (κ1) is 13.8. The van der Waals surface area contributed by atoms with E-state index >= 15 is 0 Å². The zero-order chi connectivity index (χ0) is 14.0. The number of hydrogen-bond donors (Lipinski definition) is 0. The zero-order valence-corrected chi connectivity index (χ0v) is 11.6. The topological polar surface area (TPSA) is 60.4 Å². The van der Waals surface area contributed by atoms with Crippen molar-refractivity contribution < 1.29 is 19.1 Å². The number of ether oxygens (including phenoxy) is 1. The van der Waals surface area contributed by atoms with Gasteiger partial charge in [-0.1, -0.05) is 6.07 Å². The summed E-state index contributed by atoms with van der Waals surface area (Å²) in [5, 5.41) is 0. The van der Waals surface area contributed by atoms with Crippen LogP contribution in [0.25, 0.3) is 0 Å². The van der Waals surface area contributed by atoms with E-state index in [0.29, 0.717) is 11.3 Å². The SMILES string of the molecule is CCOC(=O)C(=O)C1CSc2cc(C)ccc2C1=O. The van der Waals surface area contributed by atoms with E-state index in [2.05, 4.69) is 4.74 Å². The van der Waals surface area contributed by atoms with Crippen molar-refractivity contribution in [1.29, 1.82) is 0 Å². The van der Waals surface area contributed by atoms with Gasteiger partial charge in [0.1, 0.15) is 5.92 Å². The molecule has 0 radical (unpaired) electrons. The van der Waals surface area contributed by atoms with Crippen LogP contribution in [0.5, 0.6) is 0 Å². The molecule has 0 saturated carbocycles. The Kier molecular flexibility index (Phi) is 4.04. The Labute approximate surface area is 115 Å². The molecule has 1 heterocycles. The van der Waals surface area contributed by atoms with Crippen LogP contribution in [0.4, 0.5) is 0 Å². The second kappa shape index (κ2) is 5.57. The average Bonchev–Trinajstić information content (AvgIpc) is 2.38. The maximum atomic E-state index is 12.2. The van der Waals surface area contributed by atoms with Gasteiger partial charge in [0.05, 0.1) is 6.61 Å². The molecule has 0 amide bonds. The Hall–Kier alpha value is -1.62. The molecule has 0 fully saturated rings. The third-order valence-electron chi connectivity index (χ3n) is 2.92. The fourth-order valence-corrected chi connectivity index (χ4v) is 3.17. The summed E-state index contributed by atoms with van der Waals surface area (Å²) in [6, 6.07) is 5.46. The minimum Gasteiger partial charge on any atom is -0.460 e. The molecule has 1 aromatic rings. The van der Waals surface area contributed by atoms with Crippen LogP contribution in [0.3, 0.4) is 0 Å². The number of ketones is 2. The van der Waals surface area contributed by atoms with Gasteiger partial charge >= 0.3 is 5.97 Å². The van der Waals surface area contributed by atoms with Crippen molar-refractivity contribution in [2.75, 3.05) is 12.4 Å². The summed E-state index contributed by atoms with van der Waals surface area (Å²) in [5.74, 6) is -2.57. The highest BCUT2D eigenvalue weighted by Crippen LogP contribution is 2.34. The van der Waals surface area contributed by atoms with Crippen LogP contribution in [0, 0.1) is 12.8 Å². The highest BCUT2D eigenvalue weighted by Gasteiger charge is 2.37. The molecule has 0 spiro atoms. The molecular weight excluding hydrogens is 264 g/mol. The lowest BCUT2D eigenvalue weighted by atomic mass is 9.94. The molecule has 100 valence electrons. The van der Waals surface area contributed by atoms with Gasteiger partial charge < -0.3 is 4.74 Å². The molecule has 2 rings (SSSR count). The third-order valence-corrected chi connectivity index (χ3v) is 4.07. The van der Waals surface area contributed by atoms with Gasteiger partial charge in [-0.15, -0.1) is 11.8 Å². The van der Waals surface area contributed by atoms with Crippen LogP contribution < -0.4 is 0 Å². The maximum Gasteiger partial charge on any atom is 0.375 e. The van der Waals surface area contributed by atoms with Crippen LogP contribution >= 0.6 is 11.8 Å². The monoisotopic (exact) mass is 278 g/mol. The number of rotatable bonds is 3. The summed E-state index contributed by atoms with van der Waals surface area (Å²) in [7, 11) is 0. The lowest BCUT2D eigenvalue weighted by molar-refractivity contribution is -0.154. The third kappa shape index (κ3) is 2.71. The second-order valence-corrected chi connectivity index (χ2v) is 5.37. The summed E-state index contributed by atoms with van der Waals surface area (Å²) in [6.45, 7) is 3.70. The number of aryl methyl sites for hydroxylation is 1.